The van der Waals surface area contributed by atoms with Crippen LogP contribution in [0.15, 0.2) is 29.1 Å². The number of benzene rings is 1. The number of hydrogen-bond acceptors (Lipinski definition) is 8. The molecule has 1 atom stereocenters. The van der Waals surface area contributed by atoms with Gasteiger partial charge in [-0.05, 0) is 25.8 Å². The molecule has 1 amide bonds. The van der Waals surface area contributed by atoms with Crippen LogP contribution < -0.4 is 25.2 Å². The molecule has 0 saturated carbocycles. The molecule has 1 aliphatic rings. The van der Waals surface area contributed by atoms with E-state index in [1.54, 1.807) is 21.1 Å². The van der Waals surface area contributed by atoms with Gasteiger partial charge in [-0.25, -0.2) is 4.98 Å². The summed E-state index contributed by atoms with van der Waals surface area (Å²) in [5.41, 5.74) is 1.34. The van der Waals surface area contributed by atoms with E-state index in [1.165, 1.54) is 21.9 Å². The number of ether oxygens (including phenoxy) is 2. The van der Waals surface area contributed by atoms with E-state index in [2.05, 4.69) is 20.3 Å². The SMILES string of the molecule is COc1cccc(CNC(=O)[C@H]2CCCN(c3nn4c(=O)cc(C)nc4s3)C2)c1OC. The van der Waals surface area contributed by atoms with E-state index >= 15 is 0 Å². The minimum absolute atomic E-state index is 0.0122. The third-order valence-electron chi connectivity index (χ3n) is 5.36. The smallest absolute Gasteiger partial charge is 0.275 e. The van der Waals surface area contributed by atoms with Crippen molar-refractivity contribution in [3.8, 4) is 11.5 Å². The Labute approximate surface area is 183 Å². The molecule has 0 bridgehead atoms. The molecular weight excluding hydrogens is 418 g/mol. The van der Waals surface area contributed by atoms with Crippen molar-refractivity contribution in [1.82, 2.24) is 19.9 Å². The summed E-state index contributed by atoms with van der Waals surface area (Å²) in [6, 6.07) is 7.07. The number of aryl methyl sites for hydroxylation is 1. The van der Waals surface area contributed by atoms with Crippen LogP contribution in [0, 0.1) is 12.8 Å². The Morgan fingerprint density at radius 3 is 2.94 bits per heavy atom. The number of piperidine rings is 1. The van der Waals surface area contributed by atoms with Gasteiger partial charge in [0.25, 0.3) is 5.56 Å². The Morgan fingerprint density at radius 2 is 2.16 bits per heavy atom. The van der Waals surface area contributed by atoms with Crippen LogP contribution in [0.3, 0.4) is 0 Å². The van der Waals surface area contributed by atoms with E-state index < -0.39 is 0 Å². The average molecular weight is 444 g/mol. The number of anilines is 1. The minimum atomic E-state index is -0.191. The molecule has 0 unspecified atom stereocenters. The molecule has 0 aliphatic carbocycles. The Morgan fingerprint density at radius 1 is 1.32 bits per heavy atom. The molecule has 1 aromatic carbocycles. The first-order valence-corrected chi connectivity index (χ1v) is 10.9. The standard InChI is InChI=1S/C21H25N5O4S/c1-13-10-17(27)26-20(23-13)31-21(24-26)25-9-5-7-15(12-25)19(28)22-11-14-6-4-8-16(29-2)18(14)30-3/h4,6,8,10,15H,5,7,9,11-12H2,1-3H3,(H,22,28)/t15-/m0/s1. The summed E-state index contributed by atoms with van der Waals surface area (Å²) in [6.07, 6.45) is 1.68. The summed E-state index contributed by atoms with van der Waals surface area (Å²) in [5.74, 6) is 1.08. The Balaban J connectivity index is 1.45. The lowest BCUT2D eigenvalue weighted by Gasteiger charge is -2.31. The summed E-state index contributed by atoms with van der Waals surface area (Å²) in [6.45, 7) is 3.49. The zero-order valence-electron chi connectivity index (χ0n) is 17.8. The van der Waals surface area contributed by atoms with E-state index in [1.807, 2.05) is 18.2 Å². The van der Waals surface area contributed by atoms with Crippen molar-refractivity contribution in [1.29, 1.82) is 0 Å². The monoisotopic (exact) mass is 443 g/mol. The number of hydrogen-bond donors (Lipinski definition) is 1. The minimum Gasteiger partial charge on any atom is -0.493 e. The first-order chi connectivity index (χ1) is 15.0. The Hall–Kier alpha value is -3.14. The lowest BCUT2D eigenvalue weighted by Crippen LogP contribution is -2.43. The molecular formula is C21H25N5O4S. The second-order valence-electron chi connectivity index (χ2n) is 7.47. The molecule has 10 heteroatoms. The number of nitrogens with one attached hydrogen (secondary N) is 1. The fourth-order valence-electron chi connectivity index (χ4n) is 3.82. The average Bonchev–Trinajstić information content (AvgIpc) is 3.21. The second-order valence-corrected chi connectivity index (χ2v) is 8.40. The van der Waals surface area contributed by atoms with Gasteiger partial charge in [-0.15, -0.1) is 5.10 Å². The predicted molar refractivity (Wildman–Crippen MR) is 118 cm³/mol. The highest BCUT2D eigenvalue weighted by atomic mass is 32.1. The van der Waals surface area contributed by atoms with Gasteiger partial charge >= 0.3 is 0 Å². The van der Waals surface area contributed by atoms with Gasteiger partial charge in [0.15, 0.2) is 11.5 Å². The lowest BCUT2D eigenvalue weighted by molar-refractivity contribution is -0.125. The number of carbonyl (C=O) groups excluding carboxylic acids is 1. The van der Waals surface area contributed by atoms with Crippen molar-refractivity contribution >= 4 is 27.3 Å². The summed E-state index contributed by atoms with van der Waals surface area (Å²) >= 11 is 1.37. The summed E-state index contributed by atoms with van der Waals surface area (Å²) in [7, 11) is 3.17. The van der Waals surface area contributed by atoms with Crippen molar-refractivity contribution in [3.63, 3.8) is 0 Å². The van der Waals surface area contributed by atoms with Crippen molar-refractivity contribution in [3.05, 3.63) is 45.9 Å². The number of methoxy groups -OCH3 is 2. The maximum atomic E-state index is 12.9. The molecule has 3 aromatic rings. The molecule has 0 spiro atoms. The third-order valence-corrected chi connectivity index (χ3v) is 6.33. The summed E-state index contributed by atoms with van der Waals surface area (Å²) < 4.78 is 12.1. The molecule has 31 heavy (non-hydrogen) atoms. The fourth-order valence-corrected chi connectivity index (χ4v) is 4.81. The van der Waals surface area contributed by atoms with Gasteiger partial charge in [0.1, 0.15) is 0 Å². The molecule has 9 nitrogen and oxygen atoms in total. The number of rotatable bonds is 6. The third kappa shape index (κ3) is 4.34. The van der Waals surface area contributed by atoms with Crippen LogP contribution >= 0.6 is 11.3 Å². The number of fused-ring (bicyclic) bond motifs is 1. The fraction of sp³-hybridized carbons (Fsp3) is 0.429. The van der Waals surface area contributed by atoms with E-state index in [0.717, 1.165) is 24.9 Å². The van der Waals surface area contributed by atoms with Gasteiger partial charge in [-0.1, -0.05) is 23.5 Å². The topological polar surface area (TPSA) is 98.1 Å². The van der Waals surface area contributed by atoms with Crippen LogP contribution in [0.1, 0.15) is 24.1 Å². The quantitative estimate of drug-likeness (QED) is 0.622. The molecule has 1 aliphatic heterocycles. The van der Waals surface area contributed by atoms with Gasteiger partial charge in [0.2, 0.25) is 16.0 Å². The first kappa shape index (κ1) is 21.1. The van der Waals surface area contributed by atoms with Crippen LogP contribution in [0.5, 0.6) is 11.5 Å². The Kier molecular flexibility index (Phi) is 6.08. The van der Waals surface area contributed by atoms with Gasteiger partial charge in [0.05, 0.1) is 20.1 Å². The van der Waals surface area contributed by atoms with Crippen LogP contribution in [0.25, 0.3) is 4.96 Å². The zero-order valence-corrected chi connectivity index (χ0v) is 18.6. The van der Waals surface area contributed by atoms with Crippen LogP contribution in [-0.4, -0.2) is 47.8 Å². The molecule has 0 radical (unpaired) electrons. The van der Waals surface area contributed by atoms with E-state index in [9.17, 15) is 9.59 Å². The van der Waals surface area contributed by atoms with Crippen molar-refractivity contribution < 1.29 is 14.3 Å². The lowest BCUT2D eigenvalue weighted by atomic mass is 9.97. The van der Waals surface area contributed by atoms with Crippen LogP contribution in [0.4, 0.5) is 5.13 Å². The van der Waals surface area contributed by atoms with E-state index in [0.29, 0.717) is 40.4 Å². The predicted octanol–water partition coefficient (Wildman–Crippen LogP) is 2.01. The molecule has 4 rings (SSSR count). The normalized spacial score (nSPS) is 16.4. The maximum absolute atomic E-state index is 12.9. The van der Waals surface area contributed by atoms with Crippen molar-refractivity contribution in [2.75, 3.05) is 32.2 Å². The zero-order chi connectivity index (χ0) is 22.0. The van der Waals surface area contributed by atoms with Crippen molar-refractivity contribution in [2.45, 2.75) is 26.3 Å². The largest absolute Gasteiger partial charge is 0.493 e. The maximum Gasteiger partial charge on any atom is 0.275 e. The number of para-hydroxylation sites is 1. The second kappa shape index (κ2) is 8.93. The first-order valence-electron chi connectivity index (χ1n) is 10.1. The summed E-state index contributed by atoms with van der Waals surface area (Å²) in [4.78, 5) is 32.1. The van der Waals surface area contributed by atoms with Gasteiger partial charge < -0.3 is 19.7 Å². The number of carbonyl (C=O) groups is 1. The molecule has 3 heterocycles. The van der Waals surface area contributed by atoms with E-state index in [-0.39, 0.29) is 17.4 Å². The number of amides is 1. The van der Waals surface area contributed by atoms with Gasteiger partial charge in [-0.3, -0.25) is 9.59 Å². The molecule has 164 valence electrons. The molecule has 1 fully saturated rings. The molecule has 1 N–H and O–H groups in total. The van der Waals surface area contributed by atoms with Gasteiger partial charge in [0, 0.05) is 37.0 Å². The number of nitrogens with zero attached hydrogens (tertiary/aromatic N) is 4. The van der Waals surface area contributed by atoms with Gasteiger partial charge in [-0.2, -0.15) is 4.52 Å². The highest BCUT2D eigenvalue weighted by molar-refractivity contribution is 7.20. The highest BCUT2D eigenvalue weighted by Crippen LogP contribution is 2.31. The van der Waals surface area contributed by atoms with E-state index in [4.69, 9.17) is 9.47 Å². The Bertz CT molecular complexity index is 1160. The molecule has 1 saturated heterocycles. The molecule has 2 aromatic heterocycles. The summed E-state index contributed by atoms with van der Waals surface area (Å²) in [5, 5.41) is 8.16. The highest BCUT2D eigenvalue weighted by Gasteiger charge is 2.28. The van der Waals surface area contributed by atoms with Crippen LogP contribution in [-0.2, 0) is 11.3 Å². The van der Waals surface area contributed by atoms with Crippen molar-refractivity contribution in [2.24, 2.45) is 5.92 Å². The van der Waals surface area contributed by atoms with Crippen LogP contribution in [0.2, 0.25) is 0 Å². The number of aromatic nitrogens is 3.